The number of nitrogens with two attached hydrogens (primary N) is 1. The fraction of sp³-hybridized carbons (Fsp3) is 0.900. The summed E-state index contributed by atoms with van der Waals surface area (Å²) in [5.41, 5.74) is 4.57. The van der Waals surface area contributed by atoms with Crippen LogP contribution in [-0.4, -0.2) is 29.2 Å². The molecule has 0 aromatic carbocycles. The lowest BCUT2D eigenvalue weighted by molar-refractivity contribution is -0.125. The first-order valence-corrected chi connectivity index (χ1v) is 4.80. The zero-order valence-electron chi connectivity index (χ0n) is 9.72. The van der Waals surface area contributed by atoms with Crippen molar-refractivity contribution in [3.8, 4) is 0 Å². The maximum absolute atomic E-state index is 11.5. The van der Waals surface area contributed by atoms with E-state index in [9.17, 15) is 9.90 Å². The highest BCUT2D eigenvalue weighted by atomic mass is 16.3. The fourth-order valence-electron chi connectivity index (χ4n) is 0.807. The first-order chi connectivity index (χ1) is 6.04. The zero-order chi connectivity index (χ0) is 11.6. The quantitative estimate of drug-likeness (QED) is 0.614. The smallest absolute Gasteiger partial charge is 0.237 e. The minimum Gasteiger partial charge on any atom is -0.389 e. The van der Waals surface area contributed by atoms with Gasteiger partial charge >= 0.3 is 0 Å². The van der Waals surface area contributed by atoms with Gasteiger partial charge < -0.3 is 16.2 Å². The van der Waals surface area contributed by atoms with E-state index in [0.717, 1.165) is 0 Å². The molecule has 0 unspecified atom stereocenters. The fourth-order valence-corrected chi connectivity index (χ4v) is 0.807. The molecule has 0 aliphatic carbocycles. The molecular weight excluding hydrogens is 180 g/mol. The highest BCUT2D eigenvalue weighted by Gasteiger charge is 2.28. The van der Waals surface area contributed by atoms with Crippen molar-refractivity contribution in [2.45, 2.75) is 46.3 Å². The Balaban J connectivity index is 4.11. The minimum absolute atomic E-state index is 0.218. The van der Waals surface area contributed by atoms with Gasteiger partial charge in [-0.15, -0.1) is 0 Å². The van der Waals surface area contributed by atoms with Crippen molar-refractivity contribution in [3.63, 3.8) is 0 Å². The van der Waals surface area contributed by atoms with Crippen LogP contribution in [0, 0.1) is 5.41 Å². The molecule has 84 valence electrons. The third-order valence-electron chi connectivity index (χ3n) is 1.91. The number of aliphatic hydroxyl groups is 1. The standard InChI is InChI=1S/C10H22N2O2/c1-9(2,3)7(11)8(13)12-6-10(4,5)14/h7,14H,6,11H2,1-5H3,(H,12,13)/t7-/m0/s1. The van der Waals surface area contributed by atoms with Gasteiger partial charge in [0.15, 0.2) is 0 Å². The topological polar surface area (TPSA) is 75.3 Å². The molecule has 0 aromatic rings. The van der Waals surface area contributed by atoms with Gasteiger partial charge in [0.2, 0.25) is 5.91 Å². The molecule has 0 heterocycles. The van der Waals surface area contributed by atoms with Crippen LogP contribution in [0.5, 0.6) is 0 Å². The Labute approximate surface area is 85.9 Å². The third-order valence-corrected chi connectivity index (χ3v) is 1.91. The monoisotopic (exact) mass is 202 g/mol. The number of rotatable bonds is 3. The molecule has 0 saturated carbocycles. The number of hydrogen-bond acceptors (Lipinski definition) is 3. The highest BCUT2D eigenvalue weighted by molar-refractivity contribution is 5.82. The second kappa shape index (κ2) is 4.28. The maximum Gasteiger partial charge on any atom is 0.237 e. The van der Waals surface area contributed by atoms with Crippen molar-refractivity contribution >= 4 is 5.91 Å². The summed E-state index contributed by atoms with van der Waals surface area (Å²) < 4.78 is 0. The Morgan fingerprint density at radius 2 is 1.79 bits per heavy atom. The lowest BCUT2D eigenvalue weighted by Gasteiger charge is -2.27. The highest BCUT2D eigenvalue weighted by Crippen LogP contribution is 2.17. The molecule has 4 heteroatoms. The molecule has 4 nitrogen and oxygen atoms in total. The first kappa shape index (κ1) is 13.4. The van der Waals surface area contributed by atoms with Crippen LogP contribution in [0.15, 0.2) is 0 Å². The number of nitrogens with one attached hydrogen (secondary N) is 1. The maximum atomic E-state index is 11.5. The summed E-state index contributed by atoms with van der Waals surface area (Å²) in [6.07, 6.45) is 0. The van der Waals surface area contributed by atoms with Gasteiger partial charge in [-0.1, -0.05) is 20.8 Å². The number of carbonyl (C=O) groups excluding carboxylic acids is 1. The summed E-state index contributed by atoms with van der Waals surface area (Å²) in [5.74, 6) is -0.223. The second-order valence-electron chi connectivity index (χ2n) is 5.37. The number of carbonyl (C=O) groups is 1. The average Bonchev–Trinajstić information content (AvgIpc) is 1.95. The van der Waals surface area contributed by atoms with Gasteiger partial charge in [0.05, 0.1) is 11.6 Å². The molecule has 0 aromatic heterocycles. The number of hydrogen-bond donors (Lipinski definition) is 3. The SMILES string of the molecule is CC(C)(O)CNC(=O)[C@H](N)C(C)(C)C. The third kappa shape index (κ3) is 5.19. The Morgan fingerprint density at radius 3 is 2.07 bits per heavy atom. The summed E-state index contributed by atoms with van der Waals surface area (Å²) >= 11 is 0. The number of amides is 1. The van der Waals surface area contributed by atoms with E-state index in [1.165, 1.54) is 0 Å². The molecule has 1 amide bonds. The summed E-state index contributed by atoms with van der Waals surface area (Å²) in [4.78, 5) is 11.5. The molecule has 0 saturated heterocycles. The Hall–Kier alpha value is -0.610. The van der Waals surface area contributed by atoms with E-state index in [1.807, 2.05) is 20.8 Å². The molecule has 0 spiro atoms. The van der Waals surface area contributed by atoms with E-state index in [1.54, 1.807) is 13.8 Å². The van der Waals surface area contributed by atoms with E-state index >= 15 is 0 Å². The lowest BCUT2D eigenvalue weighted by atomic mass is 9.87. The van der Waals surface area contributed by atoms with Gasteiger partial charge in [0.25, 0.3) is 0 Å². The van der Waals surface area contributed by atoms with E-state index in [4.69, 9.17) is 5.73 Å². The van der Waals surface area contributed by atoms with E-state index in [0.29, 0.717) is 0 Å². The molecule has 4 N–H and O–H groups in total. The van der Waals surface area contributed by atoms with E-state index < -0.39 is 11.6 Å². The second-order valence-corrected chi connectivity index (χ2v) is 5.37. The van der Waals surface area contributed by atoms with Crippen molar-refractivity contribution in [2.24, 2.45) is 11.1 Å². The van der Waals surface area contributed by atoms with Gasteiger partial charge in [-0.3, -0.25) is 4.79 Å². The molecule has 0 aliphatic heterocycles. The zero-order valence-corrected chi connectivity index (χ0v) is 9.72. The van der Waals surface area contributed by atoms with Crippen LogP contribution in [0.3, 0.4) is 0 Å². The molecular formula is C10H22N2O2. The minimum atomic E-state index is -0.896. The Kier molecular flexibility index (Phi) is 4.09. The summed E-state index contributed by atoms with van der Waals surface area (Å²) in [6, 6.07) is -0.551. The molecule has 14 heavy (non-hydrogen) atoms. The average molecular weight is 202 g/mol. The molecule has 0 rings (SSSR count). The molecule has 0 aliphatic rings. The first-order valence-electron chi connectivity index (χ1n) is 4.80. The predicted octanol–water partition coefficient (Wildman–Crippen LogP) is 0.247. The van der Waals surface area contributed by atoms with Gasteiger partial charge in [0.1, 0.15) is 0 Å². The van der Waals surface area contributed by atoms with Crippen LogP contribution in [0.25, 0.3) is 0 Å². The van der Waals surface area contributed by atoms with Crippen molar-refractivity contribution in [2.75, 3.05) is 6.54 Å². The summed E-state index contributed by atoms with van der Waals surface area (Å²) in [6.45, 7) is 9.20. The van der Waals surface area contributed by atoms with Crippen molar-refractivity contribution in [1.29, 1.82) is 0 Å². The van der Waals surface area contributed by atoms with Gasteiger partial charge in [-0.25, -0.2) is 0 Å². The lowest BCUT2D eigenvalue weighted by Crippen LogP contribution is -2.51. The van der Waals surface area contributed by atoms with Gasteiger partial charge in [-0.2, -0.15) is 0 Å². The predicted molar refractivity (Wildman–Crippen MR) is 56.7 cm³/mol. The normalized spacial score (nSPS) is 15.1. The molecule has 0 fully saturated rings. The summed E-state index contributed by atoms with van der Waals surface area (Å²) in [7, 11) is 0. The van der Waals surface area contributed by atoms with Gasteiger partial charge in [0, 0.05) is 6.54 Å². The van der Waals surface area contributed by atoms with Crippen molar-refractivity contribution in [1.82, 2.24) is 5.32 Å². The molecule has 0 radical (unpaired) electrons. The Bertz CT molecular complexity index is 201. The van der Waals surface area contributed by atoms with E-state index in [-0.39, 0.29) is 17.9 Å². The summed E-state index contributed by atoms with van der Waals surface area (Å²) in [5, 5.41) is 12.0. The molecule has 0 bridgehead atoms. The van der Waals surface area contributed by atoms with Crippen LogP contribution in [0.2, 0.25) is 0 Å². The van der Waals surface area contributed by atoms with Crippen LogP contribution >= 0.6 is 0 Å². The van der Waals surface area contributed by atoms with Crippen molar-refractivity contribution < 1.29 is 9.90 Å². The van der Waals surface area contributed by atoms with E-state index in [2.05, 4.69) is 5.32 Å². The Morgan fingerprint density at radius 1 is 1.36 bits per heavy atom. The van der Waals surface area contributed by atoms with Crippen LogP contribution in [0.4, 0.5) is 0 Å². The van der Waals surface area contributed by atoms with Crippen LogP contribution in [0.1, 0.15) is 34.6 Å². The van der Waals surface area contributed by atoms with Crippen molar-refractivity contribution in [3.05, 3.63) is 0 Å². The largest absolute Gasteiger partial charge is 0.389 e. The van der Waals surface area contributed by atoms with Gasteiger partial charge in [-0.05, 0) is 19.3 Å². The molecule has 1 atom stereocenters. The van der Waals surface area contributed by atoms with Crippen LogP contribution < -0.4 is 11.1 Å². The van der Waals surface area contributed by atoms with Crippen LogP contribution in [-0.2, 0) is 4.79 Å².